The molecule has 0 aromatic heterocycles. The van der Waals surface area contributed by atoms with Crippen molar-refractivity contribution >= 4 is 15.9 Å². The maximum absolute atomic E-state index is 3.70. The molecule has 2 heteroatoms. The predicted octanol–water partition coefficient (Wildman–Crippen LogP) is 3.68. The van der Waals surface area contributed by atoms with Crippen LogP contribution in [-0.4, -0.2) is 6.54 Å². The fourth-order valence-corrected chi connectivity index (χ4v) is 2.58. The Bertz CT molecular complexity index is 342. The lowest BCUT2D eigenvalue weighted by atomic mass is 10.0. The lowest BCUT2D eigenvalue weighted by Gasteiger charge is -2.20. The molecule has 0 bridgehead atoms. The van der Waals surface area contributed by atoms with Gasteiger partial charge in [0, 0.05) is 10.0 Å². The summed E-state index contributed by atoms with van der Waals surface area (Å²) >= 11 is 3.64. The molecule has 1 aromatic carbocycles. The second-order valence-electron chi connectivity index (χ2n) is 4.84. The van der Waals surface area contributed by atoms with Crippen molar-refractivity contribution in [1.82, 2.24) is 5.32 Å². The van der Waals surface area contributed by atoms with Crippen LogP contribution in [0.25, 0.3) is 0 Å². The van der Waals surface area contributed by atoms with Crippen molar-refractivity contribution in [2.24, 2.45) is 5.92 Å². The molecule has 0 unspecified atom stereocenters. The van der Waals surface area contributed by atoms with Crippen molar-refractivity contribution in [3.63, 3.8) is 0 Å². The smallest absolute Gasteiger partial charge is 0.0447 e. The molecule has 1 saturated carbocycles. The zero-order valence-electron chi connectivity index (χ0n) is 9.39. The first kappa shape index (κ1) is 11.2. The van der Waals surface area contributed by atoms with Gasteiger partial charge in [0.05, 0.1) is 0 Å². The van der Waals surface area contributed by atoms with Gasteiger partial charge in [0.2, 0.25) is 0 Å². The minimum Gasteiger partial charge on any atom is -0.307 e. The highest BCUT2D eigenvalue weighted by Crippen LogP contribution is 2.47. The normalized spacial score (nSPS) is 18.1. The Morgan fingerprint density at radius 3 is 2.53 bits per heavy atom. The molecular weight excluding hydrogens is 250 g/mol. The summed E-state index contributed by atoms with van der Waals surface area (Å²) in [5.74, 6) is 0.713. The van der Waals surface area contributed by atoms with Crippen LogP contribution in [0.3, 0.4) is 0 Å². The highest BCUT2D eigenvalue weighted by atomic mass is 79.9. The molecule has 1 aliphatic rings. The Morgan fingerprint density at radius 2 is 2.00 bits per heavy atom. The fraction of sp³-hybridized carbons (Fsp3) is 0.538. The summed E-state index contributed by atoms with van der Waals surface area (Å²) in [6, 6.07) is 8.56. The third kappa shape index (κ3) is 2.43. The van der Waals surface area contributed by atoms with Gasteiger partial charge in [-0.2, -0.15) is 0 Å². The minimum absolute atomic E-state index is 0.268. The number of nitrogens with one attached hydrogen (secondary N) is 1. The van der Waals surface area contributed by atoms with Gasteiger partial charge < -0.3 is 5.32 Å². The van der Waals surface area contributed by atoms with E-state index in [1.807, 2.05) is 0 Å². The third-order valence-corrected chi connectivity index (χ3v) is 3.68. The van der Waals surface area contributed by atoms with Gasteiger partial charge in [-0.1, -0.05) is 48.0 Å². The lowest BCUT2D eigenvalue weighted by Crippen LogP contribution is -2.32. The largest absolute Gasteiger partial charge is 0.307 e. The molecular formula is C13H18BrN. The van der Waals surface area contributed by atoms with Gasteiger partial charge in [-0.15, -0.1) is 0 Å². The van der Waals surface area contributed by atoms with Crippen molar-refractivity contribution < 1.29 is 0 Å². The first-order valence-corrected chi connectivity index (χ1v) is 6.43. The van der Waals surface area contributed by atoms with Crippen LogP contribution in [0.2, 0.25) is 0 Å². The summed E-state index contributed by atoms with van der Waals surface area (Å²) in [5.41, 5.74) is 1.69. The average Bonchev–Trinajstić information content (AvgIpc) is 2.97. The standard InChI is InChI=1S/C13H18BrN/c1-10(2)9-15-13(7-8-13)11-5-3-4-6-12(11)14/h3-6,10,15H,7-9H2,1-2H3. The average molecular weight is 268 g/mol. The Morgan fingerprint density at radius 1 is 1.33 bits per heavy atom. The Labute approximate surface area is 100 Å². The van der Waals surface area contributed by atoms with Crippen LogP contribution in [0, 0.1) is 5.92 Å². The zero-order chi connectivity index (χ0) is 10.9. The molecule has 15 heavy (non-hydrogen) atoms. The predicted molar refractivity (Wildman–Crippen MR) is 67.9 cm³/mol. The number of benzene rings is 1. The number of hydrogen-bond donors (Lipinski definition) is 1. The second-order valence-corrected chi connectivity index (χ2v) is 5.69. The van der Waals surface area contributed by atoms with E-state index in [4.69, 9.17) is 0 Å². The second kappa shape index (κ2) is 4.26. The molecule has 0 aliphatic heterocycles. The van der Waals surface area contributed by atoms with E-state index in [-0.39, 0.29) is 5.54 Å². The summed E-state index contributed by atoms with van der Waals surface area (Å²) in [7, 11) is 0. The molecule has 82 valence electrons. The van der Waals surface area contributed by atoms with Gasteiger partial charge in [-0.3, -0.25) is 0 Å². The summed E-state index contributed by atoms with van der Waals surface area (Å²) in [4.78, 5) is 0. The topological polar surface area (TPSA) is 12.0 Å². The Hall–Kier alpha value is -0.340. The van der Waals surface area contributed by atoms with Gasteiger partial charge >= 0.3 is 0 Å². The van der Waals surface area contributed by atoms with E-state index in [9.17, 15) is 0 Å². The molecule has 0 atom stereocenters. The summed E-state index contributed by atoms with van der Waals surface area (Å²) < 4.78 is 1.23. The lowest BCUT2D eigenvalue weighted by molar-refractivity contribution is 0.459. The maximum atomic E-state index is 3.70. The van der Waals surface area contributed by atoms with Crippen molar-refractivity contribution in [2.45, 2.75) is 32.2 Å². The van der Waals surface area contributed by atoms with Crippen LogP contribution in [0.15, 0.2) is 28.7 Å². The molecule has 1 aliphatic carbocycles. The van der Waals surface area contributed by atoms with Gasteiger partial charge in [0.1, 0.15) is 0 Å². The van der Waals surface area contributed by atoms with E-state index in [0.29, 0.717) is 5.92 Å². The van der Waals surface area contributed by atoms with Crippen LogP contribution in [0.5, 0.6) is 0 Å². The maximum Gasteiger partial charge on any atom is 0.0447 e. The van der Waals surface area contributed by atoms with E-state index < -0.39 is 0 Å². The first-order chi connectivity index (χ1) is 7.14. The van der Waals surface area contributed by atoms with E-state index >= 15 is 0 Å². The van der Waals surface area contributed by atoms with Crippen LogP contribution in [-0.2, 0) is 5.54 Å². The number of hydrogen-bond acceptors (Lipinski definition) is 1. The van der Waals surface area contributed by atoms with Crippen molar-refractivity contribution in [3.8, 4) is 0 Å². The van der Waals surface area contributed by atoms with Crippen molar-refractivity contribution in [1.29, 1.82) is 0 Å². The molecule has 1 nitrogen and oxygen atoms in total. The molecule has 0 spiro atoms. The first-order valence-electron chi connectivity index (χ1n) is 5.64. The minimum atomic E-state index is 0.268. The molecule has 0 heterocycles. The zero-order valence-corrected chi connectivity index (χ0v) is 11.0. The van der Waals surface area contributed by atoms with Gasteiger partial charge in [0.25, 0.3) is 0 Å². The molecule has 1 aromatic rings. The van der Waals surface area contributed by atoms with Crippen LogP contribution in [0.1, 0.15) is 32.3 Å². The number of rotatable bonds is 4. The van der Waals surface area contributed by atoms with E-state index in [1.54, 1.807) is 0 Å². The third-order valence-electron chi connectivity index (χ3n) is 2.99. The summed E-state index contributed by atoms with van der Waals surface area (Å²) in [5, 5.41) is 3.70. The quantitative estimate of drug-likeness (QED) is 0.878. The molecule has 0 amide bonds. The van der Waals surface area contributed by atoms with Gasteiger partial charge in [-0.25, -0.2) is 0 Å². The molecule has 0 radical (unpaired) electrons. The number of halogens is 1. The molecule has 1 fully saturated rings. The van der Waals surface area contributed by atoms with Crippen molar-refractivity contribution in [3.05, 3.63) is 34.3 Å². The molecule has 0 saturated heterocycles. The van der Waals surface area contributed by atoms with E-state index in [2.05, 4.69) is 59.4 Å². The van der Waals surface area contributed by atoms with Crippen LogP contribution < -0.4 is 5.32 Å². The molecule has 1 N–H and O–H groups in total. The summed E-state index contributed by atoms with van der Waals surface area (Å²) in [6.07, 6.45) is 2.53. The Kier molecular flexibility index (Phi) is 3.17. The SMILES string of the molecule is CC(C)CNC1(c2ccccc2Br)CC1. The van der Waals surface area contributed by atoms with Gasteiger partial charge in [-0.05, 0) is 36.9 Å². The highest BCUT2D eigenvalue weighted by Gasteiger charge is 2.44. The van der Waals surface area contributed by atoms with Gasteiger partial charge in [0.15, 0.2) is 0 Å². The Balaban J connectivity index is 2.13. The monoisotopic (exact) mass is 267 g/mol. The van der Waals surface area contributed by atoms with E-state index in [0.717, 1.165) is 6.54 Å². The fourth-order valence-electron chi connectivity index (χ4n) is 1.92. The molecule has 2 rings (SSSR count). The van der Waals surface area contributed by atoms with E-state index in [1.165, 1.54) is 22.9 Å². The van der Waals surface area contributed by atoms with Crippen LogP contribution in [0.4, 0.5) is 0 Å². The highest BCUT2D eigenvalue weighted by molar-refractivity contribution is 9.10. The van der Waals surface area contributed by atoms with Crippen LogP contribution >= 0.6 is 15.9 Å². The summed E-state index contributed by atoms with van der Waals surface area (Å²) in [6.45, 7) is 5.60. The van der Waals surface area contributed by atoms with Crippen molar-refractivity contribution in [2.75, 3.05) is 6.54 Å².